The number of anilines is 1. The van der Waals surface area contributed by atoms with Crippen molar-refractivity contribution in [3.8, 4) is 11.1 Å². The first-order valence-electron chi connectivity index (χ1n) is 10.8. The van der Waals surface area contributed by atoms with Crippen LogP contribution in [0.1, 0.15) is 40.7 Å². The molecule has 162 valence electrons. The summed E-state index contributed by atoms with van der Waals surface area (Å²) in [4.78, 5) is 27.3. The molecular weight excluding hydrogens is 404 g/mol. The second-order valence-electron chi connectivity index (χ2n) is 8.16. The summed E-state index contributed by atoms with van der Waals surface area (Å²) in [6.07, 6.45) is 7.06. The average Bonchev–Trinajstić information content (AvgIpc) is 3.35. The Labute approximate surface area is 186 Å². The van der Waals surface area contributed by atoms with Gasteiger partial charge in [-0.1, -0.05) is 24.6 Å². The van der Waals surface area contributed by atoms with Crippen LogP contribution < -0.4 is 10.7 Å². The Hall–Kier alpha value is -3.71. The van der Waals surface area contributed by atoms with E-state index in [9.17, 15) is 9.59 Å². The zero-order valence-corrected chi connectivity index (χ0v) is 17.6. The van der Waals surface area contributed by atoms with Gasteiger partial charge in [-0.25, -0.2) is 0 Å². The second kappa shape index (κ2) is 8.80. The van der Waals surface area contributed by atoms with Gasteiger partial charge in [-0.15, -0.1) is 0 Å². The molecule has 2 aromatic carbocycles. The lowest BCUT2D eigenvalue weighted by Gasteiger charge is -2.26. The zero-order chi connectivity index (χ0) is 21.9. The third-order valence-corrected chi connectivity index (χ3v) is 5.92. The number of imide groups is 1. The number of nitrogens with one attached hydrogen (secondary N) is 2. The van der Waals surface area contributed by atoms with Gasteiger partial charge in [-0.2, -0.15) is 5.10 Å². The minimum atomic E-state index is -0.527. The fraction of sp³-hybridized carbons (Fsp3) is 0.240. The lowest BCUT2D eigenvalue weighted by molar-refractivity contribution is -0.114. The molecule has 0 aliphatic carbocycles. The molecule has 0 unspecified atom stereocenters. The van der Waals surface area contributed by atoms with Gasteiger partial charge >= 0.3 is 0 Å². The maximum absolute atomic E-state index is 12.5. The van der Waals surface area contributed by atoms with Gasteiger partial charge in [-0.05, 0) is 67.4 Å². The Bertz CT molecular complexity index is 1160. The second-order valence-corrected chi connectivity index (χ2v) is 8.16. The number of benzene rings is 2. The molecule has 3 heterocycles. The van der Waals surface area contributed by atoms with E-state index < -0.39 is 11.8 Å². The van der Waals surface area contributed by atoms with E-state index in [0.717, 1.165) is 36.4 Å². The van der Waals surface area contributed by atoms with Crippen LogP contribution in [0.15, 0.2) is 70.6 Å². The molecule has 0 atom stereocenters. The van der Waals surface area contributed by atoms with Crippen molar-refractivity contribution < 1.29 is 14.0 Å². The van der Waals surface area contributed by atoms with Crippen molar-refractivity contribution in [2.75, 3.05) is 18.5 Å². The molecule has 2 N–H and O–H groups in total. The molecule has 2 amide bonds. The first-order chi connectivity index (χ1) is 15.7. The van der Waals surface area contributed by atoms with Crippen molar-refractivity contribution in [2.24, 2.45) is 5.10 Å². The SMILES string of the molecule is O=C1NC(=O)c2ccc(-c3ccoc3)cc2/C1=N/Nc1ccc(CN2CCCCC2)cc1. The van der Waals surface area contributed by atoms with Crippen LogP contribution in [0.5, 0.6) is 0 Å². The molecule has 2 aliphatic rings. The van der Waals surface area contributed by atoms with E-state index in [1.54, 1.807) is 24.7 Å². The van der Waals surface area contributed by atoms with Gasteiger partial charge < -0.3 is 4.42 Å². The average molecular weight is 428 g/mol. The van der Waals surface area contributed by atoms with Crippen LogP contribution in [0.2, 0.25) is 0 Å². The standard InChI is InChI=1S/C25H24N4O3/c30-24-21-9-6-18(19-10-13-32-16-19)14-22(21)23(25(31)26-24)28-27-20-7-4-17(5-8-20)15-29-11-2-1-3-12-29/h4-10,13-14,16,27H,1-3,11-12,15H2,(H,26,30,31)/b28-23-. The predicted molar refractivity (Wildman–Crippen MR) is 122 cm³/mol. The van der Waals surface area contributed by atoms with Crippen molar-refractivity contribution in [1.29, 1.82) is 0 Å². The van der Waals surface area contributed by atoms with Crippen molar-refractivity contribution >= 4 is 23.2 Å². The molecule has 0 radical (unpaired) electrons. The maximum atomic E-state index is 12.5. The molecule has 0 bridgehead atoms. The third-order valence-electron chi connectivity index (χ3n) is 5.92. The summed E-state index contributed by atoms with van der Waals surface area (Å²) in [6.45, 7) is 3.26. The highest BCUT2D eigenvalue weighted by atomic mass is 16.3. The fourth-order valence-corrected chi connectivity index (χ4v) is 4.19. The summed E-state index contributed by atoms with van der Waals surface area (Å²) in [6, 6.07) is 15.2. The van der Waals surface area contributed by atoms with Crippen molar-refractivity contribution in [3.05, 3.63) is 77.7 Å². The molecule has 1 fully saturated rings. The van der Waals surface area contributed by atoms with Gasteiger partial charge in [0.2, 0.25) is 0 Å². The van der Waals surface area contributed by atoms with E-state index in [1.165, 1.54) is 24.8 Å². The topological polar surface area (TPSA) is 86.9 Å². The number of likely N-dealkylation sites (tertiary alicyclic amines) is 1. The number of amides is 2. The van der Waals surface area contributed by atoms with E-state index in [-0.39, 0.29) is 5.71 Å². The van der Waals surface area contributed by atoms with Crippen LogP contribution in [0.3, 0.4) is 0 Å². The van der Waals surface area contributed by atoms with Crippen LogP contribution >= 0.6 is 0 Å². The number of hydrogen-bond donors (Lipinski definition) is 2. The monoisotopic (exact) mass is 428 g/mol. The summed E-state index contributed by atoms with van der Waals surface area (Å²) in [5.41, 5.74) is 7.77. The van der Waals surface area contributed by atoms with E-state index in [4.69, 9.17) is 4.42 Å². The number of piperidine rings is 1. The van der Waals surface area contributed by atoms with Crippen molar-refractivity contribution in [2.45, 2.75) is 25.8 Å². The summed E-state index contributed by atoms with van der Waals surface area (Å²) >= 11 is 0. The minimum absolute atomic E-state index is 0.169. The van der Waals surface area contributed by atoms with E-state index in [1.807, 2.05) is 24.3 Å². The number of carbonyl (C=O) groups is 2. The highest BCUT2D eigenvalue weighted by molar-refractivity contribution is 6.51. The van der Waals surface area contributed by atoms with Crippen LogP contribution in [0, 0.1) is 0 Å². The molecule has 5 rings (SSSR count). The Balaban J connectivity index is 1.36. The molecule has 7 heteroatoms. The number of hydrazone groups is 1. The summed E-state index contributed by atoms with van der Waals surface area (Å²) in [5, 5.41) is 6.70. The molecule has 0 spiro atoms. The Morgan fingerprint density at radius 3 is 2.47 bits per heavy atom. The van der Waals surface area contributed by atoms with E-state index in [0.29, 0.717) is 11.1 Å². The molecular formula is C25H24N4O3. The Morgan fingerprint density at radius 2 is 1.72 bits per heavy atom. The van der Waals surface area contributed by atoms with Crippen molar-refractivity contribution in [3.63, 3.8) is 0 Å². The fourth-order valence-electron chi connectivity index (χ4n) is 4.19. The van der Waals surface area contributed by atoms with Crippen LogP contribution in [0.4, 0.5) is 5.69 Å². The van der Waals surface area contributed by atoms with Gasteiger partial charge in [0.25, 0.3) is 11.8 Å². The molecule has 7 nitrogen and oxygen atoms in total. The molecule has 2 aliphatic heterocycles. The number of carbonyl (C=O) groups excluding carboxylic acids is 2. The summed E-state index contributed by atoms with van der Waals surface area (Å²) < 4.78 is 5.15. The first kappa shape index (κ1) is 20.2. The van der Waals surface area contributed by atoms with Crippen molar-refractivity contribution in [1.82, 2.24) is 10.2 Å². The van der Waals surface area contributed by atoms with Gasteiger partial charge in [0, 0.05) is 23.2 Å². The van der Waals surface area contributed by atoms with Crippen LogP contribution in [0.25, 0.3) is 11.1 Å². The number of nitrogens with zero attached hydrogens (tertiary/aromatic N) is 2. The van der Waals surface area contributed by atoms with Gasteiger partial charge in [-0.3, -0.25) is 25.2 Å². The largest absolute Gasteiger partial charge is 0.472 e. The summed E-state index contributed by atoms with van der Waals surface area (Å²) in [5.74, 6) is -0.953. The highest BCUT2D eigenvalue weighted by Crippen LogP contribution is 2.25. The lowest BCUT2D eigenvalue weighted by Crippen LogP contribution is -2.42. The van der Waals surface area contributed by atoms with Crippen LogP contribution in [-0.2, 0) is 11.3 Å². The molecule has 1 saturated heterocycles. The third kappa shape index (κ3) is 4.20. The smallest absolute Gasteiger partial charge is 0.279 e. The van der Waals surface area contributed by atoms with E-state index in [2.05, 4.69) is 32.9 Å². The molecule has 3 aromatic rings. The minimum Gasteiger partial charge on any atom is -0.472 e. The number of hydrogen-bond acceptors (Lipinski definition) is 6. The first-order valence-corrected chi connectivity index (χ1v) is 10.8. The normalized spacial score (nSPS) is 17.8. The van der Waals surface area contributed by atoms with Gasteiger partial charge in [0.1, 0.15) is 0 Å². The van der Waals surface area contributed by atoms with E-state index >= 15 is 0 Å². The Kier molecular flexibility index (Phi) is 5.56. The molecule has 1 aromatic heterocycles. The maximum Gasteiger partial charge on any atom is 0.279 e. The zero-order valence-electron chi connectivity index (χ0n) is 17.6. The number of rotatable bonds is 5. The lowest BCUT2D eigenvalue weighted by atomic mass is 9.94. The number of fused-ring (bicyclic) bond motifs is 1. The van der Waals surface area contributed by atoms with Gasteiger partial charge in [0.15, 0.2) is 5.71 Å². The Morgan fingerprint density at radius 1 is 0.906 bits per heavy atom. The number of furan rings is 1. The van der Waals surface area contributed by atoms with Crippen LogP contribution in [-0.4, -0.2) is 35.5 Å². The highest BCUT2D eigenvalue weighted by Gasteiger charge is 2.29. The molecule has 32 heavy (non-hydrogen) atoms. The predicted octanol–water partition coefficient (Wildman–Crippen LogP) is 4.02. The van der Waals surface area contributed by atoms with Gasteiger partial charge in [0.05, 0.1) is 18.2 Å². The quantitative estimate of drug-likeness (QED) is 0.474. The molecule has 0 saturated carbocycles. The summed E-state index contributed by atoms with van der Waals surface area (Å²) in [7, 11) is 0.